The first-order chi connectivity index (χ1) is 10.2. The summed E-state index contributed by atoms with van der Waals surface area (Å²) in [5.74, 6) is 0. The summed E-state index contributed by atoms with van der Waals surface area (Å²) >= 11 is 0. The minimum atomic E-state index is -0.483. The predicted octanol–water partition coefficient (Wildman–Crippen LogP) is 2.74. The highest BCUT2D eigenvalue weighted by atomic mass is 16.6. The zero-order valence-electron chi connectivity index (χ0n) is 10.9. The number of imidazole rings is 1. The molecular formula is C15H11N3O3. The van der Waals surface area contributed by atoms with Crippen LogP contribution < -0.4 is 5.69 Å². The van der Waals surface area contributed by atoms with Gasteiger partial charge in [0, 0.05) is 23.9 Å². The van der Waals surface area contributed by atoms with Crippen LogP contribution in [0.1, 0.15) is 0 Å². The highest BCUT2D eigenvalue weighted by molar-refractivity contribution is 5.62. The van der Waals surface area contributed by atoms with Crippen molar-refractivity contribution in [3.05, 3.63) is 81.4 Å². The smallest absolute Gasteiger partial charge is 0.312 e. The number of benzene rings is 2. The van der Waals surface area contributed by atoms with E-state index in [2.05, 4.69) is 4.98 Å². The minimum absolute atomic E-state index is 0.0559. The topological polar surface area (TPSA) is 80.9 Å². The molecule has 3 aromatic rings. The summed E-state index contributed by atoms with van der Waals surface area (Å²) in [5.41, 5.74) is 1.56. The average Bonchev–Trinajstić information content (AvgIpc) is 2.90. The minimum Gasteiger partial charge on any atom is -0.312 e. The second-order valence-corrected chi connectivity index (χ2v) is 4.46. The first-order valence-electron chi connectivity index (χ1n) is 6.27. The Bertz CT molecular complexity index is 850. The number of nitro benzene ring substituents is 1. The summed E-state index contributed by atoms with van der Waals surface area (Å²) < 4.78 is 1.42. The Morgan fingerprint density at radius 2 is 1.81 bits per heavy atom. The van der Waals surface area contributed by atoms with E-state index in [4.69, 9.17) is 0 Å². The van der Waals surface area contributed by atoms with Gasteiger partial charge in [-0.25, -0.2) is 4.79 Å². The molecule has 0 saturated carbocycles. The molecule has 0 spiro atoms. The van der Waals surface area contributed by atoms with E-state index in [1.807, 2.05) is 30.3 Å². The summed E-state index contributed by atoms with van der Waals surface area (Å²) in [4.78, 5) is 25.0. The first kappa shape index (κ1) is 12.9. The number of hydrogen-bond donors (Lipinski definition) is 1. The molecule has 1 aromatic heterocycles. The quantitative estimate of drug-likeness (QED) is 0.592. The number of non-ortho nitro benzene ring substituents is 1. The van der Waals surface area contributed by atoms with Crippen molar-refractivity contribution in [2.24, 2.45) is 0 Å². The maximum Gasteiger partial charge on any atom is 0.330 e. The molecule has 0 aliphatic rings. The fourth-order valence-corrected chi connectivity index (χ4v) is 2.19. The van der Waals surface area contributed by atoms with Gasteiger partial charge in [-0.2, -0.15) is 0 Å². The lowest BCUT2D eigenvalue weighted by molar-refractivity contribution is -0.384. The van der Waals surface area contributed by atoms with Gasteiger partial charge in [-0.05, 0) is 6.07 Å². The second-order valence-electron chi connectivity index (χ2n) is 4.46. The van der Waals surface area contributed by atoms with Gasteiger partial charge in [-0.1, -0.05) is 36.4 Å². The number of nitrogens with one attached hydrogen (secondary N) is 1. The van der Waals surface area contributed by atoms with Crippen LogP contribution in [0.4, 0.5) is 5.69 Å². The van der Waals surface area contributed by atoms with Crippen LogP contribution in [0.2, 0.25) is 0 Å². The lowest BCUT2D eigenvalue weighted by Crippen LogP contribution is -2.15. The van der Waals surface area contributed by atoms with E-state index in [9.17, 15) is 14.9 Å². The van der Waals surface area contributed by atoms with E-state index in [1.54, 1.807) is 18.3 Å². The maximum absolute atomic E-state index is 12.0. The fourth-order valence-electron chi connectivity index (χ4n) is 2.19. The predicted molar refractivity (Wildman–Crippen MR) is 78.5 cm³/mol. The van der Waals surface area contributed by atoms with Gasteiger partial charge in [-0.3, -0.25) is 14.7 Å². The molecule has 6 heteroatoms. The van der Waals surface area contributed by atoms with Crippen LogP contribution in [0.3, 0.4) is 0 Å². The molecule has 0 unspecified atom stereocenters. The molecule has 0 radical (unpaired) electrons. The Kier molecular flexibility index (Phi) is 3.12. The average molecular weight is 281 g/mol. The summed E-state index contributed by atoms with van der Waals surface area (Å²) in [6.07, 6.45) is 1.59. The Balaban J connectivity index is 2.20. The van der Waals surface area contributed by atoms with E-state index in [-0.39, 0.29) is 11.4 Å². The van der Waals surface area contributed by atoms with Crippen molar-refractivity contribution in [1.29, 1.82) is 0 Å². The van der Waals surface area contributed by atoms with Crippen molar-refractivity contribution in [3.8, 4) is 16.9 Å². The molecule has 1 N–H and O–H groups in total. The van der Waals surface area contributed by atoms with Crippen LogP contribution in [0, 0.1) is 10.1 Å². The van der Waals surface area contributed by atoms with E-state index in [0.29, 0.717) is 11.4 Å². The summed E-state index contributed by atoms with van der Waals surface area (Å²) in [6, 6.07) is 15.3. The number of hydrogen-bond acceptors (Lipinski definition) is 3. The zero-order valence-corrected chi connectivity index (χ0v) is 10.9. The van der Waals surface area contributed by atoms with Gasteiger partial charge in [0.15, 0.2) is 0 Å². The SMILES string of the molecule is O=c1[nH]cc(-c2ccccc2)n1-c1cccc([N+](=O)[O-])c1. The molecule has 0 fully saturated rings. The third-order valence-electron chi connectivity index (χ3n) is 3.14. The first-order valence-corrected chi connectivity index (χ1v) is 6.27. The van der Waals surface area contributed by atoms with Gasteiger partial charge in [0.2, 0.25) is 0 Å². The largest absolute Gasteiger partial charge is 0.330 e. The van der Waals surface area contributed by atoms with Crippen LogP contribution in [0.5, 0.6) is 0 Å². The van der Waals surface area contributed by atoms with Crippen molar-refractivity contribution >= 4 is 5.69 Å². The highest BCUT2D eigenvalue weighted by Gasteiger charge is 2.13. The lowest BCUT2D eigenvalue weighted by Gasteiger charge is -2.07. The second kappa shape index (κ2) is 5.09. The Morgan fingerprint density at radius 3 is 2.52 bits per heavy atom. The van der Waals surface area contributed by atoms with Crippen molar-refractivity contribution in [2.75, 3.05) is 0 Å². The summed E-state index contributed by atoms with van der Waals surface area (Å²) in [6.45, 7) is 0. The Morgan fingerprint density at radius 1 is 1.05 bits per heavy atom. The third-order valence-corrected chi connectivity index (χ3v) is 3.14. The maximum atomic E-state index is 12.0. The van der Waals surface area contributed by atoms with Crippen molar-refractivity contribution in [2.45, 2.75) is 0 Å². The molecule has 0 aliphatic heterocycles. The van der Waals surface area contributed by atoms with E-state index in [0.717, 1.165) is 5.56 Å². The van der Waals surface area contributed by atoms with Crippen LogP contribution in [0.15, 0.2) is 65.6 Å². The molecule has 1 heterocycles. The molecular weight excluding hydrogens is 270 g/mol. The van der Waals surface area contributed by atoms with E-state index in [1.165, 1.54) is 16.7 Å². The van der Waals surface area contributed by atoms with Gasteiger partial charge in [0.05, 0.1) is 16.3 Å². The van der Waals surface area contributed by atoms with Crippen LogP contribution in [-0.2, 0) is 0 Å². The van der Waals surface area contributed by atoms with Gasteiger partial charge in [0.1, 0.15) is 0 Å². The third kappa shape index (κ3) is 2.34. The monoisotopic (exact) mass is 281 g/mol. The summed E-state index contributed by atoms with van der Waals surface area (Å²) in [5, 5.41) is 10.9. The molecule has 2 aromatic carbocycles. The molecule has 0 atom stereocenters. The zero-order chi connectivity index (χ0) is 14.8. The van der Waals surface area contributed by atoms with E-state index >= 15 is 0 Å². The van der Waals surface area contributed by atoms with Gasteiger partial charge >= 0.3 is 5.69 Å². The molecule has 3 rings (SSSR count). The van der Waals surface area contributed by atoms with Crippen molar-refractivity contribution in [1.82, 2.24) is 9.55 Å². The molecule has 0 bridgehead atoms. The number of nitrogens with zero attached hydrogens (tertiary/aromatic N) is 2. The molecule has 0 saturated heterocycles. The number of aromatic amines is 1. The number of aromatic nitrogens is 2. The Hall–Kier alpha value is -3.15. The normalized spacial score (nSPS) is 10.5. The van der Waals surface area contributed by atoms with Crippen molar-refractivity contribution in [3.63, 3.8) is 0 Å². The lowest BCUT2D eigenvalue weighted by atomic mass is 10.1. The van der Waals surface area contributed by atoms with Crippen LogP contribution >= 0.6 is 0 Å². The van der Waals surface area contributed by atoms with E-state index < -0.39 is 4.92 Å². The number of H-pyrrole nitrogens is 1. The Labute approximate surface area is 119 Å². The van der Waals surface area contributed by atoms with Crippen LogP contribution in [-0.4, -0.2) is 14.5 Å². The van der Waals surface area contributed by atoms with Gasteiger partial charge in [-0.15, -0.1) is 0 Å². The number of rotatable bonds is 3. The van der Waals surface area contributed by atoms with Gasteiger partial charge < -0.3 is 4.98 Å². The molecule has 6 nitrogen and oxygen atoms in total. The van der Waals surface area contributed by atoms with Gasteiger partial charge in [0.25, 0.3) is 5.69 Å². The van der Waals surface area contributed by atoms with Crippen molar-refractivity contribution < 1.29 is 4.92 Å². The van der Waals surface area contributed by atoms with Crippen LogP contribution in [0.25, 0.3) is 16.9 Å². The summed E-state index contributed by atoms with van der Waals surface area (Å²) in [7, 11) is 0. The highest BCUT2D eigenvalue weighted by Crippen LogP contribution is 2.22. The molecule has 104 valence electrons. The standard InChI is InChI=1S/C15H11N3O3/c19-15-16-10-14(11-5-2-1-3-6-11)17(15)12-7-4-8-13(9-12)18(20)21/h1-10H,(H,16,19). The molecule has 0 aliphatic carbocycles. The molecule has 21 heavy (non-hydrogen) atoms. The molecule has 0 amide bonds. The number of nitro groups is 1. The fraction of sp³-hybridized carbons (Fsp3) is 0.